The molecule has 0 aliphatic heterocycles. The van der Waals surface area contributed by atoms with Gasteiger partial charge in [0.05, 0.1) is 16.8 Å². The van der Waals surface area contributed by atoms with Crippen LogP contribution in [0.4, 0.5) is 0 Å². The third-order valence-corrected chi connectivity index (χ3v) is 4.79. The Balaban J connectivity index is 1.46. The van der Waals surface area contributed by atoms with Crippen LogP contribution in [0.2, 0.25) is 0 Å². The topological polar surface area (TPSA) is 59.2 Å². The van der Waals surface area contributed by atoms with Crippen LogP contribution in [0.1, 0.15) is 10.9 Å². The van der Waals surface area contributed by atoms with Crippen molar-refractivity contribution in [2.75, 3.05) is 7.05 Å². The summed E-state index contributed by atoms with van der Waals surface area (Å²) in [6.07, 6.45) is 3.06. The van der Waals surface area contributed by atoms with Crippen molar-refractivity contribution in [2.45, 2.75) is 6.54 Å². The number of likely N-dealkylation sites (N-methyl/N-ethyl adjacent to an activating group) is 1. The Hall–Kier alpha value is -2.99. The fraction of sp³-hybridized carbons (Fsp3) is 0.105. The van der Waals surface area contributed by atoms with Crippen LogP contribution in [0.15, 0.2) is 59.0 Å². The summed E-state index contributed by atoms with van der Waals surface area (Å²) in [5, 5.41) is 0.910. The lowest BCUT2D eigenvalue weighted by molar-refractivity contribution is -0.125. The summed E-state index contributed by atoms with van der Waals surface area (Å²) in [5.41, 5.74) is 2.44. The van der Waals surface area contributed by atoms with Crippen LogP contribution in [0.25, 0.3) is 27.4 Å². The zero-order valence-electron chi connectivity index (χ0n) is 13.5. The number of benzene rings is 2. The van der Waals surface area contributed by atoms with Gasteiger partial charge in [-0.3, -0.25) is 4.79 Å². The van der Waals surface area contributed by atoms with Crippen molar-refractivity contribution in [3.8, 4) is 0 Å². The highest BCUT2D eigenvalue weighted by atomic mass is 32.1. The van der Waals surface area contributed by atoms with Crippen molar-refractivity contribution in [1.82, 2.24) is 14.9 Å². The van der Waals surface area contributed by atoms with Gasteiger partial charge in [0.2, 0.25) is 11.8 Å². The quantitative estimate of drug-likeness (QED) is 0.520. The first-order valence-corrected chi connectivity index (χ1v) is 8.64. The smallest absolute Gasteiger partial charge is 0.246 e. The van der Waals surface area contributed by atoms with Crippen LogP contribution in [0.5, 0.6) is 0 Å². The molecule has 0 saturated carbocycles. The van der Waals surface area contributed by atoms with Crippen LogP contribution < -0.4 is 0 Å². The minimum Gasteiger partial charge on any atom is -0.437 e. The van der Waals surface area contributed by atoms with E-state index in [0.717, 1.165) is 20.7 Å². The molecular formula is C19H15N3O2S. The molecule has 124 valence electrons. The van der Waals surface area contributed by atoms with E-state index in [4.69, 9.17) is 4.42 Å². The zero-order valence-corrected chi connectivity index (χ0v) is 14.4. The van der Waals surface area contributed by atoms with Crippen molar-refractivity contribution in [3.63, 3.8) is 0 Å². The Morgan fingerprint density at radius 1 is 1.12 bits per heavy atom. The summed E-state index contributed by atoms with van der Waals surface area (Å²) in [6.45, 7) is 0.468. The normalized spacial score (nSPS) is 11.6. The van der Waals surface area contributed by atoms with Gasteiger partial charge in [0, 0.05) is 19.2 Å². The third-order valence-electron chi connectivity index (χ3n) is 3.77. The van der Waals surface area contributed by atoms with Crippen molar-refractivity contribution >= 4 is 44.6 Å². The first-order chi connectivity index (χ1) is 12.2. The molecule has 4 aromatic rings. The first kappa shape index (κ1) is 15.5. The Morgan fingerprint density at radius 2 is 1.88 bits per heavy atom. The number of hydrogen-bond acceptors (Lipinski definition) is 5. The van der Waals surface area contributed by atoms with Gasteiger partial charge in [-0.1, -0.05) is 24.3 Å². The molecule has 0 bridgehead atoms. The number of nitrogens with zero attached hydrogens (tertiary/aromatic N) is 3. The second kappa shape index (κ2) is 6.49. The fourth-order valence-electron chi connectivity index (χ4n) is 2.50. The Bertz CT molecular complexity index is 1010. The monoisotopic (exact) mass is 349 g/mol. The number of rotatable bonds is 4. The van der Waals surface area contributed by atoms with E-state index in [1.807, 2.05) is 48.5 Å². The van der Waals surface area contributed by atoms with E-state index in [9.17, 15) is 4.79 Å². The molecule has 0 unspecified atom stereocenters. The summed E-state index contributed by atoms with van der Waals surface area (Å²) in [4.78, 5) is 22.8. The van der Waals surface area contributed by atoms with Crippen molar-refractivity contribution in [3.05, 3.63) is 65.5 Å². The average molecular weight is 349 g/mol. The largest absolute Gasteiger partial charge is 0.437 e. The lowest BCUT2D eigenvalue weighted by atomic mass is 10.3. The number of oxazole rings is 1. The number of hydrogen-bond donors (Lipinski definition) is 0. The molecule has 0 atom stereocenters. The molecule has 2 aromatic heterocycles. The van der Waals surface area contributed by atoms with Crippen LogP contribution >= 0.6 is 11.3 Å². The maximum absolute atomic E-state index is 12.3. The zero-order chi connectivity index (χ0) is 17.2. The van der Waals surface area contributed by atoms with Crippen molar-refractivity contribution < 1.29 is 9.21 Å². The molecular weight excluding hydrogens is 334 g/mol. The molecule has 6 heteroatoms. The summed E-state index contributed by atoms with van der Waals surface area (Å²) < 4.78 is 6.70. The molecule has 0 aliphatic carbocycles. The maximum atomic E-state index is 12.3. The SMILES string of the molecule is CN(Cc1nc2ccccc2s1)C(=O)/C=C/c1nc2ccccc2o1. The second-order valence-corrected chi connectivity index (χ2v) is 6.74. The predicted molar refractivity (Wildman–Crippen MR) is 99.1 cm³/mol. The lowest BCUT2D eigenvalue weighted by Crippen LogP contribution is -2.23. The summed E-state index contributed by atoms with van der Waals surface area (Å²) >= 11 is 1.60. The van der Waals surface area contributed by atoms with E-state index in [2.05, 4.69) is 9.97 Å². The van der Waals surface area contributed by atoms with Crippen LogP contribution in [0.3, 0.4) is 0 Å². The lowest BCUT2D eigenvalue weighted by Gasteiger charge is -2.12. The third kappa shape index (κ3) is 3.29. The van der Waals surface area contributed by atoms with Gasteiger partial charge in [0.15, 0.2) is 5.58 Å². The number of carbonyl (C=O) groups is 1. The first-order valence-electron chi connectivity index (χ1n) is 7.82. The van der Waals surface area contributed by atoms with Gasteiger partial charge in [0.25, 0.3) is 0 Å². The van der Waals surface area contributed by atoms with Gasteiger partial charge in [-0.25, -0.2) is 9.97 Å². The maximum Gasteiger partial charge on any atom is 0.246 e. The van der Waals surface area contributed by atoms with Crippen molar-refractivity contribution in [1.29, 1.82) is 0 Å². The molecule has 0 spiro atoms. The van der Waals surface area contributed by atoms with E-state index in [0.29, 0.717) is 18.0 Å². The highest BCUT2D eigenvalue weighted by Gasteiger charge is 2.10. The molecule has 0 radical (unpaired) electrons. The molecule has 2 aromatic carbocycles. The average Bonchev–Trinajstić information content (AvgIpc) is 3.22. The molecule has 0 saturated heterocycles. The Kier molecular flexibility index (Phi) is 4.03. The van der Waals surface area contributed by atoms with Crippen LogP contribution in [-0.4, -0.2) is 27.8 Å². The summed E-state index contributed by atoms with van der Waals surface area (Å²) in [7, 11) is 1.75. The van der Waals surface area contributed by atoms with Crippen molar-refractivity contribution in [2.24, 2.45) is 0 Å². The highest BCUT2D eigenvalue weighted by Crippen LogP contribution is 2.22. The molecule has 0 N–H and O–H groups in total. The number of fused-ring (bicyclic) bond motifs is 2. The minimum atomic E-state index is -0.124. The molecule has 5 nitrogen and oxygen atoms in total. The molecule has 2 heterocycles. The van der Waals surface area contributed by atoms with Gasteiger partial charge in [-0.05, 0) is 24.3 Å². The van der Waals surface area contributed by atoms with Crippen LogP contribution in [-0.2, 0) is 11.3 Å². The number of aromatic nitrogens is 2. The molecule has 0 aliphatic rings. The van der Waals surface area contributed by atoms with Gasteiger partial charge >= 0.3 is 0 Å². The number of amides is 1. The van der Waals surface area contributed by atoms with Crippen LogP contribution in [0, 0.1) is 0 Å². The van der Waals surface area contributed by atoms with E-state index in [-0.39, 0.29) is 5.91 Å². The molecule has 0 fully saturated rings. The summed E-state index contributed by atoms with van der Waals surface area (Å²) in [5.74, 6) is 0.296. The van der Waals surface area contributed by atoms with Gasteiger partial charge in [0.1, 0.15) is 10.5 Å². The molecule has 25 heavy (non-hydrogen) atoms. The second-order valence-electron chi connectivity index (χ2n) is 5.62. The van der Waals surface area contributed by atoms with Gasteiger partial charge in [-0.2, -0.15) is 0 Å². The van der Waals surface area contributed by atoms with E-state index >= 15 is 0 Å². The Labute approximate surface area is 148 Å². The molecule has 1 amide bonds. The van der Waals surface area contributed by atoms with E-state index < -0.39 is 0 Å². The van der Waals surface area contributed by atoms with Gasteiger partial charge < -0.3 is 9.32 Å². The highest BCUT2D eigenvalue weighted by molar-refractivity contribution is 7.18. The summed E-state index contributed by atoms with van der Waals surface area (Å²) in [6, 6.07) is 15.5. The predicted octanol–water partition coefficient (Wildman–Crippen LogP) is 4.11. The number of thiazole rings is 1. The number of para-hydroxylation sites is 3. The Morgan fingerprint density at radius 3 is 2.68 bits per heavy atom. The standard InChI is InChI=1S/C19H15N3O2S/c1-22(12-18-21-14-7-3-5-9-16(14)25-18)19(23)11-10-17-20-13-6-2-4-8-15(13)24-17/h2-11H,12H2,1H3/b11-10+. The van der Waals surface area contributed by atoms with Gasteiger partial charge in [-0.15, -0.1) is 11.3 Å². The van der Waals surface area contributed by atoms with E-state index in [1.165, 1.54) is 6.08 Å². The fourth-order valence-corrected chi connectivity index (χ4v) is 3.52. The van der Waals surface area contributed by atoms with E-state index in [1.54, 1.807) is 29.4 Å². The minimum absolute atomic E-state index is 0.124. The number of carbonyl (C=O) groups excluding carboxylic acids is 1. The molecule has 4 rings (SSSR count).